The van der Waals surface area contributed by atoms with Gasteiger partial charge in [-0.2, -0.15) is 0 Å². The molecule has 0 aliphatic heterocycles. The smallest absolute Gasteiger partial charge is 0.159 e. The molecule has 160 valence electrons. The Labute approximate surface area is 186 Å². The molecule has 0 aliphatic carbocycles. The average Bonchev–Trinajstić information content (AvgIpc) is 3.05. The molecule has 28 heavy (non-hydrogen) atoms. The Morgan fingerprint density at radius 2 is 1.36 bits per heavy atom. The van der Waals surface area contributed by atoms with Gasteiger partial charge in [0.2, 0.25) is 0 Å². The van der Waals surface area contributed by atoms with Gasteiger partial charge in [0.05, 0.1) is 10.2 Å². The second kappa shape index (κ2) is 17.4. The van der Waals surface area contributed by atoms with Crippen molar-refractivity contribution >= 4 is 45.4 Å². The summed E-state index contributed by atoms with van der Waals surface area (Å²) in [5, 5.41) is 0.738. The van der Waals surface area contributed by atoms with Gasteiger partial charge in [-0.3, -0.25) is 0 Å². The molecule has 0 spiro atoms. The molecule has 2 aromatic rings. The predicted molar refractivity (Wildman–Crippen MR) is 131 cm³/mol. The predicted octanol–water partition coefficient (Wildman–Crippen LogP) is 9.04. The number of hydrogen-bond donors (Lipinski definition) is 2. The number of H-pyrrole nitrogens is 1. The molecule has 1 aromatic carbocycles. The van der Waals surface area contributed by atoms with Crippen molar-refractivity contribution in [2.45, 2.75) is 96.8 Å². The minimum atomic E-state index is 0.738. The first kappa shape index (κ1) is 25.6. The molecule has 0 unspecified atom stereocenters. The molecule has 0 aliphatic rings. The molecule has 0 fully saturated rings. The number of nitrogens with one attached hydrogen (secondary N) is 1. The van der Waals surface area contributed by atoms with Crippen LogP contribution in [0.25, 0.3) is 10.2 Å². The van der Waals surface area contributed by atoms with Crippen LogP contribution in [0.4, 0.5) is 0 Å². The van der Waals surface area contributed by atoms with Crippen LogP contribution in [0.15, 0.2) is 18.2 Å². The molecule has 0 bridgehead atoms. The van der Waals surface area contributed by atoms with Crippen LogP contribution in [0.1, 0.15) is 96.8 Å². The molecule has 2 rings (SSSR count). The Hall–Kier alpha value is -0.420. The van der Waals surface area contributed by atoms with Crippen molar-refractivity contribution in [2.24, 2.45) is 5.73 Å². The molecule has 1 aromatic heterocycles. The lowest BCUT2D eigenvalue weighted by Gasteiger charge is -2.02. The molecule has 3 N–H and O–H groups in total. The van der Waals surface area contributed by atoms with Gasteiger partial charge in [-0.1, -0.05) is 102 Å². The van der Waals surface area contributed by atoms with E-state index in [9.17, 15) is 0 Å². The van der Waals surface area contributed by atoms with Crippen LogP contribution in [-0.4, -0.2) is 11.5 Å². The number of thiazole rings is 1. The van der Waals surface area contributed by atoms with Crippen molar-refractivity contribution in [3.05, 3.63) is 27.2 Å². The highest BCUT2D eigenvalue weighted by Crippen LogP contribution is 2.22. The largest absolute Gasteiger partial charge is 0.337 e. The van der Waals surface area contributed by atoms with Crippen molar-refractivity contribution < 1.29 is 0 Å². The highest BCUT2D eigenvalue weighted by molar-refractivity contribution is 7.73. The van der Waals surface area contributed by atoms with Gasteiger partial charge < -0.3 is 10.7 Å². The SMILES string of the molecule is CCCCCCCCCCCCCCCCN.S=c1[nH]c2cc(Cl)ccc2s1. The Morgan fingerprint density at radius 1 is 0.857 bits per heavy atom. The molecule has 0 radical (unpaired) electrons. The third kappa shape index (κ3) is 12.9. The molecule has 5 heteroatoms. The fourth-order valence-corrected chi connectivity index (χ4v) is 4.53. The number of fused-ring (bicyclic) bond motifs is 1. The Morgan fingerprint density at radius 3 is 1.86 bits per heavy atom. The van der Waals surface area contributed by atoms with Gasteiger partial charge >= 0.3 is 0 Å². The minimum absolute atomic E-state index is 0.738. The van der Waals surface area contributed by atoms with Crippen LogP contribution in [-0.2, 0) is 0 Å². The van der Waals surface area contributed by atoms with Crippen LogP contribution in [0.5, 0.6) is 0 Å². The lowest BCUT2D eigenvalue weighted by atomic mass is 10.0. The topological polar surface area (TPSA) is 41.8 Å². The maximum atomic E-state index is 5.78. The number of rotatable bonds is 14. The zero-order chi connectivity index (χ0) is 20.5. The normalized spacial score (nSPS) is 10.8. The van der Waals surface area contributed by atoms with E-state index in [4.69, 9.17) is 29.6 Å². The molecule has 0 saturated carbocycles. The first-order chi connectivity index (χ1) is 13.7. The first-order valence-corrected chi connectivity index (χ1v) is 12.8. The summed E-state index contributed by atoms with van der Waals surface area (Å²) in [6.45, 7) is 3.16. The summed E-state index contributed by atoms with van der Waals surface area (Å²) in [7, 11) is 0. The summed E-state index contributed by atoms with van der Waals surface area (Å²) < 4.78 is 1.95. The maximum Gasteiger partial charge on any atom is 0.159 e. The van der Waals surface area contributed by atoms with Gasteiger partial charge in [0.1, 0.15) is 0 Å². The van der Waals surface area contributed by atoms with Gasteiger partial charge in [0, 0.05) is 5.02 Å². The molecule has 0 atom stereocenters. The quantitative estimate of drug-likeness (QED) is 0.226. The summed E-state index contributed by atoms with van der Waals surface area (Å²) >= 11 is 12.3. The fourth-order valence-electron chi connectivity index (χ4n) is 3.26. The summed E-state index contributed by atoms with van der Waals surface area (Å²) in [6, 6.07) is 5.71. The first-order valence-electron chi connectivity index (χ1n) is 11.2. The number of halogens is 1. The molecule has 2 nitrogen and oxygen atoms in total. The maximum absolute atomic E-state index is 5.78. The second-order valence-corrected chi connectivity index (χ2v) is 9.70. The number of aromatic amines is 1. The average molecular weight is 443 g/mol. The van der Waals surface area contributed by atoms with E-state index in [-0.39, 0.29) is 0 Å². The Balaban J connectivity index is 0.000000302. The van der Waals surface area contributed by atoms with E-state index in [1.165, 1.54) is 89.9 Å². The highest BCUT2D eigenvalue weighted by atomic mass is 35.5. The molecular formula is C23H39ClN2S2. The lowest BCUT2D eigenvalue weighted by Crippen LogP contribution is -1.97. The van der Waals surface area contributed by atoms with Crippen molar-refractivity contribution in [3.63, 3.8) is 0 Å². The number of nitrogens with two attached hydrogens (primary N) is 1. The van der Waals surface area contributed by atoms with Crippen LogP contribution in [0.3, 0.4) is 0 Å². The van der Waals surface area contributed by atoms with Crippen LogP contribution >= 0.6 is 35.2 Å². The van der Waals surface area contributed by atoms with Crippen molar-refractivity contribution in [1.29, 1.82) is 0 Å². The zero-order valence-corrected chi connectivity index (χ0v) is 20.0. The summed E-state index contributed by atoms with van der Waals surface area (Å²) in [4.78, 5) is 3.05. The van der Waals surface area contributed by atoms with Gasteiger partial charge in [-0.05, 0) is 43.4 Å². The Bertz CT molecular complexity index is 652. The molecule has 0 amide bonds. The van der Waals surface area contributed by atoms with Crippen molar-refractivity contribution in [3.8, 4) is 0 Å². The zero-order valence-electron chi connectivity index (χ0n) is 17.6. The van der Waals surface area contributed by atoms with Gasteiger partial charge in [-0.15, -0.1) is 11.3 Å². The fraction of sp³-hybridized carbons (Fsp3) is 0.696. The van der Waals surface area contributed by atoms with E-state index >= 15 is 0 Å². The third-order valence-electron chi connectivity index (χ3n) is 4.94. The lowest BCUT2D eigenvalue weighted by molar-refractivity contribution is 0.536. The van der Waals surface area contributed by atoms with E-state index in [0.717, 1.165) is 25.7 Å². The summed E-state index contributed by atoms with van der Waals surface area (Å²) in [5.41, 5.74) is 6.49. The second-order valence-electron chi connectivity index (χ2n) is 7.54. The summed E-state index contributed by atoms with van der Waals surface area (Å²) in [5.74, 6) is 0. The number of hydrogen-bond acceptors (Lipinski definition) is 3. The van der Waals surface area contributed by atoms with Gasteiger partial charge in [0.25, 0.3) is 0 Å². The standard InChI is InChI=1S/C16H35N.C7H4ClNS2/c1-2-3-4-5-6-7-8-9-10-11-12-13-14-15-16-17;8-4-1-2-6-5(3-4)9-7(10)11-6/h2-17H2,1H3;1-3H,(H,9,10). The highest BCUT2D eigenvalue weighted by Gasteiger charge is 1.96. The van der Waals surface area contributed by atoms with E-state index in [2.05, 4.69) is 11.9 Å². The van der Waals surface area contributed by atoms with Gasteiger partial charge in [-0.25, -0.2) is 0 Å². The number of unbranched alkanes of at least 4 members (excludes halogenated alkanes) is 13. The van der Waals surface area contributed by atoms with Crippen LogP contribution < -0.4 is 5.73 Å². The van der Waals surface area contributed by atoms with E-state index in [1.807, 2.05) is 18.2 Å². The number of benzene rings is 1. The van der Waals surface area contributed by atoms with E-state index < -0.39 is 0 Å². The summed E-state index contributed by atoms with van der Waals surface area (Å²) in [6.07, 6.45) is 19.9. The van der Waals surface area contributed by atoms with Crippen molar-refractivity contribution in [1.82, 2.24) is 4.98 Å². The number of aromatic nitrogens is 1. The van der Waals surface area contributed by atoms with E-state index in [1.54, 1.807) is 11.3 Å². The minimum Gasteiger partial charge on any atom is -0.337 e. The van der Waals surface area contributed by atoms with Crippen molar-refractivity contribution in [2.75, 3.05) is 6.54 Å². The molecule has 1 heterocycles. The van der Waals surface area contributed by atoms with E-state index in [0.29, 0.717) is 0 Å². The molecular weight excluding hydrogens is 404 g/mol. The Kier molecular flexibility index (Phi) is 16.0. The van der Waals surface area contributed by atoms with Crippen LogP contribution in [0.2, 0.25) is 5.02 Å². The van der Waals surface area contributed by atoms with Gasteiger partial charge in [0.15, 0.2) is 3.95 Å². The monoisotopic (exact) mass is 442 g/mol. The molecule has 0 saturated heterocycles. The van der Waals surface area contributed by atoms with Crippen LogP contribution in [0, 0.1) is 3.95 Å². The third-order valence-corrected chi connectivity index (χ3v) is 6.39.